The van der Waals surface area contributed by atoms with Gasteiger partial charge in [-0.2, -0.15) is 5.10 Å². The minimum absolute atomic E-state index is 0.0240. The molecule has 0 aliphatic heterocycles. The van der Waals surface area contributed by atoms with Crippen LogP contribution in [0.1, 0.15) is 54.6 Å². The number of halogens is 2. The van der Waals surface area contributed by atoms with E-state index in [4.69, 9.17) is 11.6 Å². The van der Waals surface area contributed by atoms with Crippen molar-refractivity contribution >= 4 is 23.7 Å². The third-order valence-electron chi connectivity index (χ3n) is 8.49. The minimum atomic E-state index is -0.258. The van der Waals surface area contributed by atoms with Crippen molar-refractivity contribution in [2.75, 3.05) is 0 Å². The molecule has 0 bridgehead atoms. The molecule has 4 aromatic rings. The van der Waals surface area contributed by atoms with E-state index in [0.29, 0.717) is 17.6 Å². The number of nitrogens with zero attached hydrogens (tertiary/aromatic N) is 3. The van der Waals surface area contributed by atoms with Gasteiger partial charge in [0.25, 0.3) is 0 Å². The van der Waals surface area contributed by atoms with Crippen LogP contribution in [0.3, 0.4) is 0 Å². The monoisotopic (exact) mass is 555 g/mol. The Hall–Kier alpha value is -3.97. The lowest BCUT2D eigenvalue weighted by Crippen LogP contribution is -2.39. The van der Waals surface area contributed by atoms with Crippen LogP contribution in [0.5, 0.6) is 0 Å². The maximum Gasteiger partial charge on any atom is 0.315 e. The molecule has 1 fully saturated rings. The first-order valence-electron chi connectivity index (χ1n) is 13.6. The first-order valence-corrected chi connectivity index (χ1v) is 14.0. The molecule has 2 N–H and O–H groups in total. The number of nitrogens with one attached hydrogen (secondary N) is 2. The first-order chi connectivity index (χ1) is 19.4. The summed E-state index contributed by atoms with van der Waals surface area (Å²) in [6.07, 6.45) is 9.67. The van der Waals surface area contributed by atoms with Crippen LogP contribution in [-0.2, 0) is 13.0 Å². The van der Waals surface area contributed by atoms with E-state index >= 15 is 0 Å². The number of allylic oxidation sites excluding steroid dienone is 1. The summed E-state index contributed by atoms with van der Waals surface area (Å²) in [5.74, 6) is 0.124. The van der Waals surface area contributed by atoms with Crippen molar-refractivity contribution in [2.24, 2.45) is 11.3 Å². The molecule has 2 aliphatic rings. The largest absolute Gasteiger partial charge is 0.334 e. The number of urea groups is 1. The molecule has 0 spiro atoms. The molecule has 2 heterocycles. The van der Waals surface area contributed by atoms with Gasteiger partial charge in [-0.05, 0) is 90.1 Å². The Kier molecular flexibility index (Phi) is 7.15. The highest BCUT2D eigenvalue weighted by Gasteiger charge is 2.46. The van der Waals surface area contributed by atoms with Crippen molar-refractivity contribution in [3.8, 4) is 5.69 Å². The summed E-state index contributed by atoms with van der Waals surface area (Å²) in [5.41, 5.74) is 6.49. The summed E-state index contributed by atoms with van der Waals surface area (Å²) in [6, 6.07) is 19.9. The zero-order valence-corrected chi connectivity index (χ0v) is 23.0. The fourth-order valence-electron chi connectivity index (χ4n) is 6.25. The van der Waals surface area contributed by atoms with E-state index in [9.17, 15) is 9.18 Å². The molecule has 6 rings (SSSR count). The van der Waals surface area contributed by atoms with Crippen LogP contribution in [0.15, 0.2) is 84.7 Å². The zero-order chi connectivity index (χ0) is 27.7. The Balaban J connectivity index is 1.20. The fourth-order valence-corrected chi connectivity index (χ4v) is 6.36. The topological polar surface area (TPSA) is 71.8 Å². The Morgan fingerprint density at radius 1 is 1.12 bits per heavy atom. The summed E-state index contributed by atoms with van der Waals surface area (Å²) in [6.45, 7) is 2.72. The van der Waals surface area contributed by atoms with Crippen molar-refractivity contribution in [2.45, 2.75) is 45.2 Å². The Morgan fingerprint density at radius 2 is 1.93 bits per heavy atom. The van der Waals surface area contributed by atoms with Crippen molar-refractivity contribution in [1.29, 1.82) is 0 Å². The highest BCUT2D eigenvalue weighted by molar-refractivity contribution is 6.29. The van der Waals surface area contributed by atoms with E-state index in [1.165, 1.54) is 23.3 Å². The molecule has 40 heavy (non-hydrogen) atoms. The van der Waals surface area contributed by atoms with Gasteiger partial charge in [-0.15, -0.1) is 0 Å². The van der Waals surface area contributed by atoms with Gasteiger partial charge in [0.1, 0.15) is 11.0 Å². The SMILES string of the molecule is CC12Cc3cnn(-c4ccc(F)cc4)c3C=C1CCC2CC(NC(=O)NCc1ccc(Cl)nc1)c1ccccc1. The summed E-state index contributed by atoms with van der Waals surface area (Å²) in [4.78, 5) is 17.1. The minimum Gasteiger partial charge on any atom is -0.334 e. The maximum absolute atomic E-state index is 13.5. The lowest BCUT2D eigenvalue weighted by Gasteiger charge is -2.37. The highest BCUT2D eigenvalue weighted by Crippen LogP contribution is 2.55. The Bertz CT molecular complexity index is 1530. The summed E-state index contributed by atoms with van der Waals surface area (Å²) in [5, 5.41) is 11.3. The van der Waals surface area contributed by atoms with Crippen LogP contribution < -0.4 is 10.6 Å². The number of carbonyl (C=O) groups excluding carboxylic acids is 1. The van der Waals surface area contributed by atoms with Crippen molar-refractivity contribution in [3.05, 3.63) is 118 Å². The molecule has 2 aromatic heterocycles. The quantitative estimate of drug-likeness (QED) is 0.240. The molecular formula is C32H31ClFN5O. The number of hydrogen-bond acceptors (Lipinski definition) is 3. The van der Waals surface area contributed by atoms with Crippen molar-refractivity contribution < 1.29 is 9.18 Å². The second kappa shape index (κ2) is 10.9. The average Bonchev–Trinajstić information content (AvgIpc) is 3.51. The van der Waals surface area contributed by atoms with E-state index in [0.717, 1.165) is 48.2 Å². The molecule has 1 saturated carbocycles. The lowest BCUT2D eigenvalue weighted by molar-refractivity contribution is 0.216. The Labute approximate surface area is 238 Å². The van der Waals surface area contributed by atoms with Crippen LogP contribution in [0, 0.1) is 17.2 Å². The molecule has 6 nitrogen and oxygen atoms in total. The van der Waals surface area contributed by atoms with E-state index in [-0.39, 0.29) is 23.3 Å². The highest BCUT2D eigenvalue weighted by atomic mass is 35.5. The maximum atomic E-state index is 13.5. The van der Waals surface area contributed by atoms with Gasteiger partial charge in [0.05, 0.1) is 23.6 Å². The number of fused-ring (bicyclic) bond motifs is 2. The van der Waals surface area contributed by atoms with E-state index in [2.05, 4.69) is 45.8 Å². The number of amides is 2. The predicted octanol–water partition coefficient (Wildman–Crippen LogP) is 7.05. The molecule has 2 aliphatic carbocycles. The molecule has 3 unspecified atom stereocenters. The lowest BCUT2D eigenvalue weighted by atomic mass is 9.68. The van der Waals surface area contributed by atoms with Gasteiger partial charge in [-0.25, -0.2) is 18.9 Å². The number of benzene rings is 2. The van der Waals surface area contributed by atoms with Crippen LogP contribution in [0.25, 0.3) is 11.8 Å². The molecule has 3 atom stereocenters. The average molecular weight is 556 g/mol. The molecule has 204 valence electrons. The van der Waals surface area contributed by atoms with Gasteiger partial charge in [0, 0.05) is 12.7 Å². The van der Waals surface area contributed by atoms with Crippen LogP contribution >= 0.6 is 11.6 Å². The van der Waals surface area contributed by atoms with Crippen LogP contribution in [0.4, 0.5) is 9.18 Å². The Morgan fingerprint density at radius 3 is 2.67 bits per heavy atom. The number of carbonyl (C=O) groups is 1. The van der Waals surface area contributed by atoms with Gasteiger partial charge >= 0.3 is 6.03 Å². The summed E-state index contributed by atoms with van der Waals surface area (Å²) >= 11 is 5.88. The van der Waals surface area contributed by atoms with Crippen molar-refractivity contribution in [3.63, 3.8) is 0 Å². The number of pyridine rings is 1. The third kappa shape index (κ3) is 5.26. The predicted molar refractivity (Wildman–Crippen MR) is 154 cm³/mol. The third-order valence-corrected chi connectivity index (χ3v) is 8.72. The fraction of sp³-hybridized carbons (Fsp3) is 0.281. The van der Waals surface area contributed by atoms with E-state index < -0.39 is 0 Å². The van der Waals surface area contributed by atoms with Gasteiger partial charge in [-0.3, -0.25) is 0 Å². The van der Waals surface area contributed by atoms with E-state index in [1.807, 2.05) is 35.1 Å². The summed E-state index contributed by atoms with van der Waals surface area (Å²) < 4.78 is 15.4. The normalized spacial score (nSPS) is 20.3. The molecule has 2 aromatic carbocycles. The number of rotatable bonds is 7. The first kappa shape index (κ1) is 26.3. The standard InChI is InChI=1S/C32H31ClFN5O/c1-32-17-23-20-37-39(27-12-10-26(34)11-13-27)29(23)16-25(32)9-8-24(32)15-28(22-5-3-2-4-6-22)38-31(40)36-19-21-7-14-30(33)35-18-21/h2-7,10-14,16,18,20,24,28H,8-9,15,17,19H2,1H3,(H2,36,38,40). The number of aromatic nitrogens is 3. The zero-order valence-electron chi connectivity index (χ0n) is 22.3. The molecule has 0 saturated heterocycles. The molecule has 8 heteroatoms. The molecule has 2 amide bonds. The van der Waals surface area contributed by atoms with E-state index in [1.54, 1.807) is 24.4 Å². The van der Waals surface area contributed by atoms with Gasteiger partial charge in [-0.1, -0.05) is 60.5 Å². The smallest absolute Gasteiger partial charge is 0.315 e. The second-order valence-electron chi connectivity index (χ2n) is 11.0. The van der Waals surface area contributed by atoms with Gasteiger partial charge in [0.15, 0.2) is 0 Å². The van der Waals surface area contributed by atoms with Crippen molar-refractivity contribution in [1.82, 2.24) is 25.4 Å². The summed E-state index contributed by atoms with van der Waals surface area (Å²) in [7, 11) is 0. The van der Waals surface area contributed by atoms with Crippen LogP contribution in [-0.4, -0.2) is 20.8 Å². The second-order valence-corrected chi connectivity index (χ2v) is 11.3. The van der Waals surface area contributed by atoms with Crippen LogP contribution in [0.2, 0.25) is 5.15 Å². The van der Waals surface area contributed by atoms with Gasteiger partial charge in [0.2, 0.25) is 0 Å². The van der Waals surface area contributed by atoms with Gasteiger partial charge < -0.3 is 10.6 Å². The molecular weight excluding hydrogens is 525 g/mol. The molecule has 0 radical (unpaired) electrons. The number of hydrogen-bond donors (Lipinski definition) is 2.